The topological polar surface area (TPSA) is 46.2 Å². The molecule has 58 valence electrons. The van der Waals surface area contributed by atoms with Crippen molar-refractivity contribution in [3.05, 3.63) is 0 Å². The van der Waals surface area contributed by atoms with E-state index in [1.807, 2.05) is 0 Å². The minimum Gasteiger partial charge on any atom is -0.390 e. The minimum absolute atomic E-state index is 0.306. The first-order valence-corrected chi connectivity index (χ1v) is 4.11. The molecule has 2 rings (SSSR count). The average molecular weight is 141 g/mol. The number of hydrogen-bond donors (Lipinski definition) is 2. The molecular formula is C8H15NO. The van der Waals surface area contributed by atoms with Crippen molar-refractivity contribution in [2.24, 2.45) is 11.1 Å². The third-order valence-electron chi connectivity index (χ3n) is 3.38. The van der Waals surface area contributed by atoms with Crippen LogP contribution < -0.4 is 5.73 Å². The van der Waals surface area contributed by atoms with Crippen molar-refractivity contribution >= 4 is 0 Å². The highest BCUT2D eigenvalue weighted by atomic mass is 16.3. The minimum atomic E-state index is -0.306. The highest BCUT2D eigenvalue weighted by Gasteiger charge is 2.52. The maximum absolute atomic E-state index is 9.78. The molecular weight excluding hydrogens is 126 g/mol. The van der Waals surface area contributed by atoms with Gasteiger partial charge < -0.3 is 10.8 Å². The molecule has 2 saturated carbocycles. The van der Waals surface area contributed by atoms with E-state index in [2.05, 4.69) is 0 Å². The summed E-state index contributed by atoms with van der Waals surface area (Å²) < 4.78 is 0. The SMILES string of the molecule is NCC12CCC(O)(CC1)C2. The Kier molecular flexibility index (Phi) is 1.15. The second kappa shape index (κ2) is 1.74. The Morgan fingerprint density at radius 3 is 2.00 bits per heavy atom. The van der Waals surface area contributed by atoms with E-state index in [4.69, 9.17) is 5.73 Å². The fourth-order valence-corrected chi connectivity index (χ4v) is 2.57. The molecule has 3 N–H and O–H groups in total. The molecule has 2 aliphatic rings. The molecule has 2 aliphatic carbocycles. The number of fused-ring (bicyclic) bond motifs is 2. The summed E-state index contributed by atoms with van der Waals surface area (Å²) in [4.78, 5) is 0. The first kappa shape index (κ1) is 6.62. The standard InChI is InChI=1S/C8H15NO/c9-6-7-1-3-8(10,5-7)4-2-7/h10H,1-6,9H2. The van der Waals surface area contributed by atoms with Crippen LogP contribution in [0.2, 0.25) is 0 Å². The Labute approximate surface area is 61.4 Å². The van der Waals surface area contributed by atoms with Crippen molar-refractivity contribution in [3.8, 4) is 0 Å². The van der Waals surface area contributed by atoms with Gasteiger partial charge in [0, 0.05) is 0 Å². The Morgan fingerprint density at radius 2 is 1.80 bits per heavy atom. The van der Waals surface area contributed by atoms with Gasteiger partial charge in [0.2, 0.25) is 0 Å². The van der Waals surface area contributed by atoms with E-state index in [1.54, 1.807) is 0 Å². The molecule has 2 fully saturated rings. The molecule has 0 aromatic carbocycles. The van der Waals surface area contributed by atoms with Gasteiger partial charge in [-0.2, -0.15) is 0 Å². The van der Waals surface area contributed by atoms with E-state index in [0.29, 0.717) is 5.41 Å². The van der Waals surface area contributed by atoms with Gasteiger partial charge in [-0.3, -0.25) is 0 Å². The fraction of sp³-hybridized carbons (Fsp3) is 1.00. The molecule has 2 heteroatoms. The van der Waals surface area contributed by atoms with Crippen LogP contribution in [-0.4, -0.2) is 17.3 Å². The molecule has 0 spiro atoms. The lowest BCUT2D eigenvalue weighted by Crippen LogP contribution is -2.25. The molecule has 0 radical (unpaired) electrons. The maximum Gasteiger partial charge on any atom is 0.0654 e. The van der Waals surface area contributed by atoms with Gasteiger partial charge in [-0.1, -0.05) is 0 Å². The van der Waals surface area contributed by atoms with Crippen molar-refractivity contribution in [2.75, 3.05) is 6.54 Å². The van der Waals surface area contributed by atoms with Gasteiger partial charge in [-0.15, -0.1) is 0 Å². The molecule has 0 atom stereocenters. The normalized spacial score (nSPS) is 52.2. The highest BCUT2D eigenvalue weighted by Crippen LogP contribution is 2.55. The van der Waals surface area contributed by atoms with E-state index in [9.17, 15) is 5.11 Å². The second-order valence-electron chi connectivity index (χ2n) is 4.11. The molecule has 0 heterocycles. The van der Waals surface area contributed by atoms with Crippen LogP contribution in [0, 0.1) is 5.41 Å². The smallest absolute Gasteiger partial charge is 0.0654 e. The van der Waals surface area contributed by atoms with Crippen LogP contribution in [0.4, 0.5) is 0 Å². The first-order valence-electron chi connectivity index (χ1n) is 4.11. The van der Waals surface area contributed by atoms with Gasteiger partial charge in [0.25, 0.3) is 0 Å². The van der Waals surface area contributed by atoms with Crippen LogP contribution in [0.3, 0.4) is 0 Å². The number of hydrogen-bond acceptors (Lipinski definition) is 2. The van der Waals surface area contributed by atoms with Crippen molar-refractivity contribution in [3.63, 3.8) is 0 Å². The zero-order chi connectivity index (χ0) is 7.24. The number of nitrogens with two attached hydrogens (primary N) is 1. The molecule has 0 amide bonds. The van der Waals surface area contributed by atoms with E-state index in [1.165, 1.54) is 0 Å². The molecule has 0 saturated heterocycles. The summed E-state index contributed by atoms with van der Waals surface area (Å²) in [5.41, 5.74) is 5.69. The molecule has 10 heavy (non-hydrogen) atoms. The summed E-state index contributed by atoms with van der Waals surface area (Å²) in [5.74, 6) is 0. The van der Waals surface area contributed by atoms with Crippen LogP contribution in [0.5, 0.6) is 0 Å². The van der Waals surface area contributed by atoms with Crippen molar-refractivity contribution < 1.29 is 5.11 Å². The van der Waals surface area contributed by atoms with Crippen LogP contribution in [0.15, 0.2) is 0 Å². The fourth-order valence-electron chi connectivity index (χ4n) is 2.57. The highest BCUT2D eigenvalue weighted by molar-refractivity contribution is 5.05. The zero-order valence-corrected chi connectivity index (χ0v) is 6.27. The Hall–Kier alpha value is -0.0800. The summed E-state index contributed by atoms with van der Waals surface area (Å²) in [7, 11) is 0. The van der Waals surface area contributed by atoms with Gasteiger partial charge in [0.05, 0.1) is 5.60 Å². The van der Waals surface area contributed by atoms with Crippen LogP contribution in [0.25, 0.3) is 0 Å². The Balaban J connectivity index is 2.19. The Morgan fingerprint density at radius 1 is 1.20 bits per heavy atom. The molecule has 2 nitrogen and oxygen atoms in total. The molecule has 0 unspecified atom stereocenters. The lowest BCUT2D eigenvalue weighted by molar-refractivity contribution is 0.0521. The summed E-state index contributed by atoms with van der Waals surface area (Å²) in [6.45, 7) is 0.773. The lowest BCUT2D eigenvalue weighted by atomic mass is 9.84. The summed E-state index contributed by atoms with van der Waals surface area (Å²) in [6.07, 6.45) is 5.25. The second-order valence-corrected chi connectivity index (χ2v) is 4.11. The Bertz CT molecular complexity index is 147. The largest absolute Gasteiger partial charge is 0.390 e. The third-order valence-corrected chi connectivity index (χ3v) is 3.38. The molecule has 0 aromatic heterocycles. The van der Waals surface area contributed by atoms with Gasteiger partial charge in [-0.05, 0) is 44.1 Å². The molecule has 0 aliphatic heterocycles. The maximum atomic E-state index is 9.78. The number of aliphatic hydroxyl groups is 1. The lowest BCUT2D eigenvalue weighted by Gasteiger charge is -2.23. The van der Waals surface area contributed by atoms with Gasteiger partial charge >= 0.3 is 0 Å². The number of rotatable bonds is 1. The molecule has 0 aromatic rings. The average Bonchev–Trinajstić information content (AvgIpc) is 2.42. The van der Waals surface area contributed by atoms with Crippen LogP contribution >= 0.6 is 0 Å². The monoisotopic (exact) mass is 141 g/mol. The van der Waals surface area contributed by atoms with E-state index < -0.39 is 0 Å². The summed E-state index contributed by atoms with van der Waals surface area (Å²) >= 11 is 0. The zero-order valence-electron chi connectivity index (χ0n) is 6.27. The van der Waals surface area contributed by atoms with E-state index in [-0.39, 0.29) is 5.60 Å². The summed E-state index contributed by atoms with van der Waals surface area (Å²) in [6, 6.07) is 0. The van der Waals surface area contributed by atoms with Crippen LogP contribution in [0.1, 0.15) is 32.1 Å². The third kappa shape index (κ3) is 0.722. The van der Waals surface area contributed by atoms with Crippen LogP contribution in [-0.2, 0) is 0 Å². The summed E-state index contributed by atoms with van der Waals surface area (Å²) in [5, 5.41) is 9.78. The first-order chi connectivity index (χ1) is 4.68. The van der Waals surface area contributed by atoms with Gasteiger partial charge in [0.15, 0.2) is 0 Å². The van der Waals surface area contributed by atoms with Crippen molar-refractivity contribution in [2.45, 2.75) is 37.7 Å². The van der Waals surface area contributed by atoms with Gasteiger partial charge in [0.1, 0.15) is 0 Å². The predicted molar refractivity (Wildman–Crippen MR) is 39.5 cm³/mol. The van der Waals surface area contributed by atoms with Gasteiger partial charge in [-0.25, -0.2) is 0 Å². The predicted octanol–water partition coefficient (Wildman–Crippen LogP) is 0.640. The quantitative estimate of drug-likeness (QED) is 0.563. The van der Waals surface area contributed by atoms with Crippen molar-refractivity contribution in [1.29, 1.82) is 0 Å². The molecule has 2 bridgehead atoms. The van der Waals surface area contributed by atoms with Crippen molar-refractivity contribution in [1.82, 2.24) is 0 Å². The van der Waals surface area contributed by atoms with E-state index in [0.717, 1.165) is 38.6 Å². The van der Waals surface area contributed by atoms with E-state index >= 15 is 0 Å².